The normalized spacial score (nSPS) is 14.6. The van der Waals surface area contributed by atoms with E-state index < -0.39 is 23.9 Å². The van der Waals surface area contributed by atoms with Crippen LogP contribution in [-0.2, 0) is 24.0 Å². The zero-order chi connectivity index (χ0) is 23.9. The van der Waals surface area contributed by atoms with E-state index in [-0.39, 0.29) is 31.8 Å². The van der Waals surface area contributed by atoms with Crippen LogP contribution in [0.15, 0.2) is 48.5 Å². The van der Waals surface area contributed by atoms with Crippen molar-refractivity contribution in [1.82, 2.24) is 10.4 Å². The molecule has 0 radical (unpaired) electrons. The number of rotatable bonds is 10. The van der Waals surface area contributed by atoms with Crippen molar-refractivity contribution in [3.63, 3.8) is 0 Å². The molecule has 4 rings (SSSR count). The molecule has 1 aliphatic carbocycles. The van der Waals surface area contributed by atoms with Gasteiger partial charge in [-0.25, -0.2) is 9.59 Å². The summed E-state index contributed by atoms with van der Waals surface area (Å²) in [5.74, 6) is -0.473. The highest BCUT2D eigenvalue weighted by atomic mass is 33.1. The van der Waals surface area contributed by atoms with Gasteiger partial charge in [-0.3, -0.25) is 9.59 Å². The monoisotopic (exact) mass is 500 g/mol. The summed E-state index contributed by atoms with van der Waals surface area (Å²) in [6, 6.07) is 16.4. The average Bonchev–Trinajstić information content (AvgIpc) is 3.34. The van der Waals surface area contributed by atoms with Crippen LogP contribution in [0.5, 0.6) is 0 Å². The number of hydroxylamine groups is 2. The molecule has 0 atom stereocenters. The molecule has 0 saturated carbocycles. The van der Waals surface area contributed by atoms with Gasteiger partial charge in [0.2, 0.25) is 0 Å². The molecule has 2 aliphatic rings. The molecule has 0 bridgehead atoms. The molecule has 1 fully saturated rings. The maximum Gasteiger partial charge on any atom is 0.407 e. The molecule has 10 heteroatoms. The van der Waals surface area contributed by atoms with Crippen LogP contribution in [0.25, 0.3) is 11.1 Å². The highest BCUT2D eigenvalue weighted by molar-refractivity contribution is 8.76. The fourth-order valence-electron chi connectivity index (χ4n) is 3.89. The predicted molar refractivity (Wildman–Crippen MR) is 130 cm³/mol. The van der Waals surface area contributed by atoms with E-state index in [0.717, 1.165) is 0 Å². The molecule has 34 heavy (non-hydrogen) atoms. The number of hydrogen-bond acceptors (Lipinski definition) is 8. The molecule has 8 nitrogen and oxygen atoms in total. The number of carbonyl (C=O) groups is 4. The second kappa shape index (κ2) is 11.4. The molecule has 3 amide bonds. The smallest absolute Gasteiger partial charge is 0.407 e. The zero-order valence-electron chi connectivity index (χ0n) is 18.4. The Morgan fingerprint density at radius 1 is 0.912 bits per heavy atom. The second-order valence-electron chi connectivity index (χ2n) is 7.69. The fourth-order valence-corrected chi connectivity index (χ4v) is 5.77. The van der Waals surface area contributed by atoms with Crippen LogP contribution in [0, 0.1) is 0 Å². The molecule has 1 saturated heterocycles. The SMILES string of the molecule is O=C(CCSSCCNC(=O)OCC1c2ccccc2-c2ccccc21)ON1C(=O)CCC1=O. The van der Waals surface area contributed by atoms with Crippen molar-refractivity contribution >= 4 is 45.5 Å². The Kier molecular flexibility index (Phi) is 8.12. The van der Waals surface area contributed by atoms with Crippen molar-refractivity contribution in [1.29, 1.82) is 0 Å². The molecule has 1 aliphatic heterocycles. The lowest BCUT2D eigenvalue weighted by molar-refractivity contribution is -0.197. The van der Waals surface area contributed by atoms with Crippen LogP contribution in [0.2, 0.25) is 0 Å². The number of nitrogens with one attached hydrogen (secondary N) is 1. The Morgan fingerprint density at radius 3 is 2.15 bits per heavy atom. The minimum absolute atomic E-state index is 0.0222. The van der Waals surface area contributed by atoms with Gasteiger partial charge in [0.05, 0.1) is 6.42 Å². The van der Waals surface area contributed by atoms with Crippen molar-refractivity contribution < 1.29 is 28.8 Å². The predicted octanol–water partition coefficient (Wildman–Crippen LogP) is 3.90. The third kappa shape index (κ3) is 5.74. The van der Waals surface area contributed by atoms with E-state index in [1.807, 2.05) is 24.3 Å². The van der Waals surface area contributed by atoms with E-state index in [1.54, 1.807) is 0 Å². The van der Waals surface area contributed by atoms with Gasteiger partial charge in [0.1, 0.15) is 6.61 Å². The Balaban J connectivity index is 1.10. The first kappa shape index (κ1) is 24.2. The van der Waals surface area contributed by atoms with E-state index in [0.29, 0.717) is 23.1 Å². The van der Waals surface area contributed by atoms with Crippen LogP contribution in [0.1, 0.15) is 36.3 Å². The van der Waals surface area contributed by atoms with Gasteiger partial charge in [-0.15, -0.1) is 5.06 Å². The maximum absolute atomic E-state index is 12.1. The highest BCUT2D eigenvalue weighted by Gasteiger charge is 2.32. The van der Waals surface area contributed by atoms with Crippen LogP contribution in [0.3, 0.4) is 0 Å². The third-order valence-electron chi connectivity index (χ3n) is 5.47. The lowest BCUT2D eigenvalue weighted by Gasteiger charge is -2.14. The van der Waals surface area contributed by atoms with Crippen molar-refractivity contribution in [3.05, 3.63) is 59.7 Å². The number of ether oxygens (including phenoxy) is 1. The minimum atomic E-state index is -0.617. The molecule has 2 aromatic carbocycles. The summed E-state index contributed by atoms with van der Waals surface area (Å²) >= 11 is 0. The Labute approximate surface area is 205 Å². The number of benzene rings is 2. The summed E-state index contributed by atoms with van der Waals surface area (Å²) in [6.45, 7) is 0.696. The van der Waals surface area contributed by atoms with E-state index in [4.69, 9.17) is 9.57 Å². The lowest BCUT2D eigenvalue weighted by atomic mass is 9.98. The highest BCUT2D eigenvalue weighted by Crippen LogP contribution is 2.44. The molecular weight excluding hydrogens is 476 g/mol. The number of carbonyl (C=O) groups excluding carboxylic acids is 4. The van der Waals surface area contributed by atoms with Crippen molar-refractivity contribution in [2.45, 2.75) is 25.2 Å². The molecule has 2 aromatic rings. The number of fused-ring (bicyclic) bond motifs is 3. The van der Waals surface area contributed by atoms with E-state index >= 15 is 0 Å². The zero-order valence-corrected chi connectivity index (χ0v) is 20.0. The quantitative estimate of drug-likeness (QED) is 0.298. The van der Waals surface area contributed by atoms with Gasteiger partial charge in [-0.05, 0) is 22.3 Å². The first-order chi connectivity index (χ1) is 16.5. The summed E-state index contributed by atoms with van der Waals surface area (Å²) < 4.78 is 5.49. The first-order valence-corrected chi connectivity index (χ1v) is 13.4. The van der Waals surface area contributed by atoms with E-state index in [1.165, 1.54) is 43.8 Å². The van der Waals surface area contributed by atoms with E-state index in [9.17, 15) is 19.2 Å². The average molecular weight is 501 g/mol. The number of imide groups is 1. The van der Waals surface area contributed by atoms with Crippen molar-refractivity contribution in [2.75, 3.05) is 24.7 Å². The van der Waals surface area contributed by atoms with Gasteiger partial charge in [-0.1, -0.05) is 70.1 Å². The first-order valence-electron chi connectivity index (χ1n) is 10.9. The van der Waals surface area contributed by atoms with Gasteiger partial charge in [-0.2, -0.15) is 0 Å². The van der Waals surface area contributed by atoms with Gasteiger partial charge >= 0.3 is 12.1 Å². The largest absolute Gasteiger partial charge is 0.449 e. The van der Waals surface area contributed by atoms with Crippen LogP contribution in [0.4, 0.5) is 4.79 Å². The number of nitrogens with zero attached hydrogens (tertiary/aromatic N) is 1. The van der Waals surface area contributed by atoms with Gasteiger partial charge in [0.25, 0.3) is 11.8 Å². The van der Waals surface area contributed by atoms with Crippen molar-refractivity contribution in [3.8, 4) is 11.1 Å². The minimum Gasteiger partial charge on any atom is -0.449 e. The van der Waals surface area contributed by atoms with Crippen molar-refractivity contribution in [2.24, 2.45) is 0 Å². The summed E-state index contributed by atoms with van der Waals surface area (Å²) in [5.41, 5.74) is 4.70. The Bertz CT molecular complexity index is 1030. The molecule has 178 valence electrons. The molecule has 0 spiro atoms. The maximum atomic E-state index is 12.1. The summed E-state index contributed by atoms with van der Waals surface area (Å²) in [7, 11) is 2.94. The van der Waals surface area contributed by atoms with Crippen LogP contribution >= 0.6 is 21.6 Å². The van der Waals surface area contributed by atoms with E-state index in [2.05, 4.69) is 29.6 Å². The molecule has 0 unspecified atom stereocenters. The molecule has 1 N–H and O–H groups in total. The summed E-state index contributed by atoms with van der Waals surface area (Å²) in [6.07, 6.45) is -0.231. The Morgan fingerprint density at radius 2 is 1.50 bits per heavy atom. The fraction of sp³-hybridized carbons (Fsp3) is 0.333. The van der Waals surface area contributed by atoms with Crippen LogP contribution < -0.4 is 5.32 Å². The van der Waals surface area contributed by atoms with Crippen LogP contribution in [-0.4, -0.2) is 53.6 Å². The lowest BCUT2D eigenvalue weighted by Crippen LogP contribution is -2.32. The van der Waals surface area contributed by atoms with Gasteiger partial charge in [0.15, 0.2) is 0 Å². The number of amides is 3. The third-order valence-corrected chi connectivity index (χ3v) is 7.88. The Hall–Kier alpha value is -2.98. The number of alkyl carbamates (subject to hydrolysis) is 1. The molecular formula is C24H24N2O6S2. The summed E-state index contributed by atoms with van der Waals surface area (Å²) in [4.78, 5) is 51.6. The molecule has 1 heterocycles. The van der Waals surface area contributed by atoms with Gasteiger partial charge in [0, 0.05) is 36.8 Å². The second-order valence-corrected chi connectivity index (χ2v) is 10.4. The molecule has 0 aromatic heterocycles. The number of hydrogen-bond donors (Lipinski definition) is 1. The van der Waals surface area contributed by atoms with Gasteiger partial charge < -0.3 is 14.9 Å². The topological polar surface area (TPSA) is 102 Å². The summed E-state index contributed by atoms with van der Waals surface area (Å²) in [5, 5.41) is 3.30. The standard InChI is InChI=1S/C24H24N2O6S2/c27-21-9-10-22(28)26(21)32-23(29)11-13-33-34-14-12-25-24(30)31-15-20-18-7-3-1-5-16(18)17-6-2-4-8-19(17)20/h1-8,20H,9-15H2,(H,25,30).